The average molecular weight is 521 g/mol. The van der Waals surface area contributed by atoms with Crippen molar-refractivity contribution in [3.63, 3.8) is 0 Å². The average Bonchev–Trinajstić information content (AvgIpc) is 3.23. The number of aryl methyl sites for hydroxylation is 3. The van der Waals surface area contributed by atoms with Crippen LogP contribution in [0.1, 0.15) is 33.9 Å². The summed E-state index contributed by atoms with van der Waals surface area (Å²) in [5, 5.41) is 5.80. The van der Waals surface area contributed by atoms with E-state index < -0.39 is 6.83 Å². The third kappa shape index (κ3) is 3.32. The fourth-order valence-corrected chi connectivity index (χ4v) is 13.6. The van der Waals surface area contributed by atoms with Crippen LogP contribution in [-0.2, 0) is 4.52 Å². The van der Waals surface area contributed by atoms with Gasteiger partial charge >= 0.3 is 225 Å². The van der Waals surface area contributed by atoms with Crippen LogP contribution in [0.25, 0.3) is 0 Å². The van der Waals surface area contributed by atoms with Gasteiger partial charge in [-0.15, -0.1) is 0 Å². The van der Waals surface area contributed by atoms with Crippen LogP contribution in [0.5, 0.6) is 0 Å². The van der Waals surface area contributed by atoms with Gasteiger partial charge in [-0.3, -0.25) is 0 Å². The zero-order chi connectivity index (χ0) is 25.6. The second-order valence-electron chi connectivity index (χ2n) is 9.99. The third-order valence-corrected chi connectivity index (χ3v) is 14.4. The first-order chi connectivity index (χ1) is 18.0. The summed E-state index contributed by atoms with van der Waals surface area (Å²) in [4.78, 5) is 0. The van der Waals surface area contributed by atoms with Crippen molar-refractivity contribution in [3.05, 3.63) is 154 Å². The zero-order valence-electron chi connectivity index (χ0n) is 21.4. The molecule has 0 N–H and O–H groups in total. The molecule has 6 rings (SSSR count). The van der Waals surface area contributed by atoms with Gasteiger partial charge in [0.1, 0.15) is 0 Å². The maximum absolute atomic E-state index is 7.92. The van der Waals surface area contributed by atoms with E-state index in [1.807, 2.05) is 12.1 Å². The van der Waals surface area contributed by atoms with Crippen molar-refractivity contribution < 1.29 is 4.52 Å². The molecule has 1 nitrogen and oxygen atoms in total. The molecule has 0 saturated heterocycles. The summed E-state index contributed by atoms with van der Waals surface area (Å²) in [6.45, 7) is 2.98. The summed E-state index contributed by atoms with van der Waals surface area (Å²) in [5.74, 6) is 0. The molecule has 0 fully saturated rings. The Hall–Kier alpha value is -3.22. The Morgan fingerprint density at radius 2 is 0.919 bits per heavy atom. The van der Waals surface area contributed by atoms with Gasteiger partial charge in [0.25, 0.3) is 0 Å². The molecule has 1 aliphatic heterocycles. The van der Waals surface area contributed by atoms with E-state index in [1.54, 1.807) is 0 Å². The van der Waals surface area contributed by atoms with E-state index in [0.29, 0.717) is 0 Å². The molecule has 0 saturated carbocycles. The van der Waals surface area contributed by atoms with Gasteiger partial charge in [0.15, 0.2) is 0 Å². The molecule has 184 valence electrons. The Kier molecular flexibility index (Phi) is 5.85. The minimum atomic E-state index is -3.70. The summed E-state index contributed by atoms with van der Waals surface area (Å²) in [6.07, 6.45) is -0.232. The second kappa shape index (κ2) is 8.96. The molecule has 5 aromatic carbocycles. The SMILES string of the molecule is Cc1ccccc1P1(c2ccccc2C)(c2ccccc2C)OC(c2ccc(Cl)cc2)c2ccccc21. The molecule has 3 heteroatoms. The van der Waals surface area contributed by atoms with Crippen LogP contribution in [0.15, 0.2) is 121 Å². The van der Waals surface area contributed by atoms with E-state index in [2.05, 4.69) is 130 Å². The molecule has 37 heavy (non-hydrogen) atoms. The van der Waals surface area contributed by atoms with E-state index in [9.17, 15) is 0 Å². The molecule has 0 bridgehead atoms. The van der Waals surface area contributed by atoms with Gasteiger partial charge < -0.3 is 0 Å². The summed E-state index contributed by atoms with van der Waals surface area (Å²) in [6, 6.07) is 43.4. The van der Waals surface area contributed by atoms with Crippen molar-refractivity contribution in [1.82, 2.24) is 0 Å². The number of rotatable bonds is 4. The van der Waals surface area contributed by atoms with Crippen LogP contribution in [-0.4, -0.2) is 0 Å². The van der Waals surface area contributed by atoms with Crippen LogP contribution >= 0.6 is 18.4 Å². The first-order valence-corrected chi connectivity index (χ1v) is 15.2. The van der Waals surface area contributed by atoms with Crippen LogP contribution in [0, 0.1) is 20.8 Å². The Morgan fingerprint density at radius 1 is 0.514 bits per heavy atom. The van der Waals surface area contributed by atoms with E-state index in [0.717, 1.165) is 10.6 Å². The molecule has 0 radical (unpaired) electrons. The van der Waals surface area contributed by atoms with Crippen molar-refractivity contribution >= 4 is 39.6 Å². The molecular formula is C34H30ClOP. The Bertz CT molecular complexity index is 1510. The van der Waals surface area contributed by atoms with Gasteiger partial charge in [0.05, 0.1) is 0 Å². The third-order valence-electron chi connectivity index (χ3n) is 7.89. The predicted octanol–water partition coefficient (Wildman–Crippen LogP) is 7.45. The molecule has 1 unspecified atom stereocenters. The molecule has 0 aliphatic carbocycles. The number of halogens is 1. The van der Waals surface area contributed by atoms with Gasteiger partial charge in [0.2, 0.25) is 0 Å². The predicted molar refractivity (Wildman–Crippen MR) is 160 cm³/mol. The number of hydrogen-bond donors (Lipinski definition) is 0. The molecule has 0 amide bonds. The topological polar surface area (TPSA) is 9.23 Å². The second-order valence-corrected chi connectivity index (χ2v) is 14.6. The molecule has 1 heterocycles. The van der Waals surface area contributed by atoms with Gasteiger partial charge in [-0.2, -0.15) is 0 Å². The van der Waals surface area contributed by atoms with E-state index in [1.165, 1.54) is 43.5 Å². The zero-order valence-corrected chi connectivity index (χ0v) is 23.0. The van der Waals surface area contributed by atoms with Crippen molar-refractivity contribution in [2.45, 2.75) is 26.9 Å². The molecule has 1 atom stereocenters. The van der Waals surface area contributed by atoms with Gasteiger partial charge in [-0.25, -0.2) is 0 Å². The van der Waals surface area contributed by atoms with Crippen molar-refractivity contribution in [1.29, 1.82) is 0 Å². The molecule has 1 aliphatic rings. The van der Waals surface area contributed by atoms with Crippen LogP contribution < -0.4 is 21.2 Å². The van der Waals surface area contributed by atoms with Gasteiger partial charge in [-0.05, 0) is 0 Å². The summed E-state index contributed by atoms with van der Waals surface area (Å²) in [5.41, 5.74) is 6.03. The summed E-state index contributed by atoms with van der Waals surface area (Å²) in [7, 11) is 0. The first-order valence-electron chi connectivity index (χ1n) is 12.7. The van der Waals surface area contributed by atoms with Gasteiger partial charge in [0, 0.05) is 0 Å². The Balaban J connectivity index is 1.88. The van der Waals surface area contributed by atoms with Crippen molar-refractivity contribution in [2.75, 3.05) is 0 Å². The van der Waals surface area contributed by atoms with Crippen LogP contribution in [0.4, 0.5) is 0 Å². The van der Waals surface area contributed by atoms with Gasteiger partial charge in [-0.1, -0.05) is 0 Å². The molecule has 5 aromatic rings. The fourth-order valence-electron chi connectivity index (χ4n) is 6.38. The Labute approximate surface area is 224 Å². The minimum absolute atomic E-state index is 0.232. The van der Waals surface area contributed by atoms with E-state index in [4.69, 9.17) is 16.1 Å². The maximum atomic E-state index is 7.92. The molecular weight excluding hydrogens is 491 g/mol. The van der Waals surface area contributed by atoms with E-state index in [-0.39, 0.29) is 6.10 Å². The Morgan fingerprint density at radius 3 is 1.38 bits per heavy atom. The van der Waals surface area contributed by atoms with Crippen molar-refractivity contribution in [3.8, 4) is 0 Å². The number of benzene rings is 5. The summed E-state index contributed by atoms with van der Waals surface area (Å²) < 4.78 is 7.92. The normalized spacial score (nSPS) is 18.5. The monoisotopic (exact) mass is 520 g/mol. The molecule has 0 aromatic heterocycles. The van der Waals surface area contributed by atoms with Crippen LogP contribution in [0.3, 0.4) is 0 Å². The van der Waals surface area contributed by atoms with Crippen molar-refractivity contribution in [2.24, 2.45) is 0 Å². The van der Waals surface area contributed by atoms with Crippen LogP contribution in [0.2, 0.25) is 5.02 Å². The fraction of sp³-hybridized carbons (Fsp3) is 0.118. The molecule has 0 spiro atoms. The van der Waals surface area contributed by atoms with E-state index >= 15 is 0 Å². The quantitative estimate of drug-likeness (QED) is 0.223. The standard InChI is InChI=1S/C34H30ClOP/c1-24-12-4-8-16-30(24)37(31-17-9-5-13-25(31)2,32-18-10-6-14-26(32)3)33-19-11-7-15-29(33)34(36-37)27-20-22-28(35)23-21-27/h4-23,34H,1-3H3. The first kappa shape index (κ1) is 24.1. The number of hydrogen-bond acceptors (Lipinski definition) is 1. The number of fused-ring (bicyclic) bond motifs is 1. The summed E-state index contributed by atoms with van der Waals surface area (Å²) >= 11 is 6.32.